The topological polar surface area (TPSA) is 33.1 Å². The summed E-state index contributed by atoms with van der Waals surface area (Å²) in [6.45, 7) is 0.200. The summed E-state index contributed by atoms with van der Waals surface area (Å²) in [5.41, 5.74) is 0.874. The molecule has 0 saturated heterocycles. The summed E-state index contributed by atoms with van der Waals surface area (Å²) in [5.74, 6) is -0.465. The molecule has 0 atom stereocenters. The van der Waals surface area contributed by atoms with Crippen LogP contribution in [0.1, 0.15) is 18.4 Å². The van der Waals surface area contributed by atoms with Gasteiger partial charge in [0.15, 0.2) is 0 Å². The second-order valence-electron chi connectivity index (χ2n) is 2.68. The Hall–Kier alpha value is -1.22. The van der Waals surface area contributed by atoms with Crippen LogP contribution in [0.3, 0.4) is 0 Å². The van der Waals surface area contributed by atoms with Gasteiger partial charge >= 0.3 is 0 Å². The Morgan fingerprint density at radius 2 is 2.31 bits per heavy atom. The van der Waals surface area contributed by atoms with Crippen LogP contribution in [0.4, 0.5) is 4.39 Å². The molecule has 0 saturated carbocycles. The summed E-state index contributed by atoms with van der Waals surface area (Å²) in [6, 6.07) is 2.99. The number of allylic oxidation sites excluding steroid dienone is 1. The third-order valence-electron chi connectivity index (χ3n) is 1.59. The molecule has 3 heteroatoms. The molecule has 0 bridgehead atoms. The molecule has 70 valence electrons. The highest BCUT2D eigenvalue weighted by Gasteiger charge is 1.89. The Morgan fingerprint density at radius 1 is 1.46 bits per heavy atom. The fraction of sp³-hybridized carbons (Fsp3) is 0.300. The molecular weight excluding hydrogens is 169 g/mol. The van der Waals surface area contributed by atoms with Crippen LogP contribution in [-0.2, 0) is 0 Å². The fourth-order valence-corrected chi connectivity index (χ4v) is 0.914. The number of aliphatic hydroxyl groups is 1. The van der Waals surface area contributed by atoms with Gasteiger partial charge in [0, 0.05) is 12.8 Å². The van der Waals surface area contributed by atoms with Gasteiger partial charge in [-0.15, -0.1) is 0 Å². The molecular formula is C10H12FNO. The first-order chi connectivity index (χ1) is 6.33. The number of hydrogen-bond acceptors (Lipinski definition) is 2. The summed E-state index contributed by atoms with van der Waals surface area (Å²) >= 11 is 0. The lowest BCUT2D eigenvalue weighted by Crippen LogP contribution is -1.82. The van der Waals surface area contributed by atoms with Gasteiger partial charge in [0.25, 0.3) is 0 Å². The summed E-state index contributed by atoms with van der Waals surface area (Å²) < 4.78 is 12.4. The number of rotatable bonds is 4. The third kappa shape index (κ3) is 3.80. The molecule has 1 N–H and O–H groups in total. The minimum absolute atomic E-state index is 0.200. The maximum absolute atomic E-state index is 12.4. The molecule has 13 heavy (non-hydrogen) atoms. The average Bonchev–Trinajstić information content (AvgIpc) is 2.15. The van der Waals surface area contributed by atoms with Crippen molar-refractivity contribution in [3.8, 4) is 0 Å². The van der Waals surface area contributed by atoms with Crippen LogP contribution in [0.5, 0.6) is 0 Å². The quantitative estimate of drug-likeness (QED) is 0.569. The Bertz CT molecular complexity index is 269. The van der Waals surface area contributed by atoms with Gasteiger partial charge in [-0.05, 0) is 30.5 Å². The highest BCUT2D eigenvalue weighted by molar-refractivity contribution is 5.47. The Kier molecular flexibility index (Phi) is 4.12. The fourth-order valence-electron chi connectivity index (χ4n) is 0.914. The second-order valence-corrected chi connectivity index (χ2v) is 2.68. The van der Waals surface area contributed by atoms with E-state index in [0.29, 0.717) is 0 Å². The van der Waals surface area contributed by atoms with E-state index < -0.39 is 5.95 Å². The van der Waals surface area contributed by atoms with Crippen molar-refractivity contribution in [3.05, 3.63) is 35.9 Å². The van der Waals surface area contributed by atoms with Crippen LogP contribution in [0.2, 0.25) is 0 Å². The van der Waals surface area contributed by atoms with Crippen molar-refractivity contribution in [1.29, 1.82) is 0 Å². The van der Waals surface area contributed by atoms with Gasteiger partial charge in [-0.2, -0.15) is 4.39 Å². The molecule has 0 aliphatic heterocycles. The smallest absolute Gasteiger partial charge is 0.212 e. The summed E-state index contributed by atoms with van der Waals surface area (Å²) in [4.78, 5) is 3.51. The first-order valence-corrected chi connectivity index (χ1v) is 4.22. The van der Waals surface area contributed by atoms with E-state index >= 15 is 0 Å². The Morgan fingerprint density at radius 3 is 2.92 bits per heavy atom. The van der Waals surface area contributed by atoms with Gasteiger partial charge in [-0.25, -0.2) is 4.98 Å². The maximum atomic E-state index is 12.4. The molecule has 0 spiro atoms. The highest BCUT2D eigenvalue weighted by atomic mass is 19.1. The minimum Gasteiger partial charge on any atom is -0.396 e. The second kappa shape index (κ2) is 5.43. The van der Waals surface area contributed by atoms with E-state index in [-0.39, 0.29) is 6.61 Å². The zero-order chi connectivity index (χ0) is 9.52. The van der Waals surface area contributed by atoms with Crippen LogP contribution in [0.15, 0.2) is 24.4 Å². The van der Waals surface area contributed by atoms with Crippen molar-refractivity contribution in [2.45, 2.75) is 12.8 Å². The van der Waals surface area contributed by atoms with E-state index in [9.17, 15) is 4.39 Å². The van der Waals surface area contributed by atoms with Gasteiger partial charge < -0.3 is 5.11 Å². The molecule has 0 aliphatic carbocycles. The van der Waals surface area contributed by atoms with E-state index in [1.165, 1.54) is 12.3 Å². The first kappa shape index (κ1) is 9.86. The normalized spacial score (nSPS) is 10.9. The van der Waals surface area contributed by atoms with E-state index in [4.69, 9.17) is 5.11 Å². The molecule has 1 aromatic rings. The molecule has 2 nitrogen and oxygen atoms in total. The molecule has 0 fully saturated rings. The number of hydrogen-bond donors (Lipinski definition) is 1. The van der Waals surface area contributed by atoms with Crippen molar-refractivity contribution in [1.82, 2.24) is 4.98 Å². The molecule has 0 aliphatic rings. The lowest BCUT2D eigenvalue weighted by Gasteiger charge is -1.92. The largest absolute Gasteiger partial charge is 0.396 e. The van der Waals surface area contributed by atoms with E-state index in [2.05, 4.69) is 4.98 Å². The van der Waals surface area contributed by atoms with Gasteiger partial charge in [0.1, 0.15) is 0 Å². The number of unbranched alkanes of at least 4 members (excludes halogenated alkanes) is 1. The predicted octanol–water partition coefficient (Wildman–Crippen LogP) is 2.01. The third-order valence-corrected chi connectivity index (χ3v) is 1.59. The molecule has 0 amide bonds. The zero-order valence-electron chi connectivity index (χ0n) is 7.28. The highest BCUT2D eigenvalue weighted by Crippen LogP contribution is 2.02. The predicted molar refractivity (Wildman–Crippen MR) is 49.5 cm³/mol. The van der Waals surface area contributed by atoms with Crippen LogP contribution in [0, 0.1) is 5.95 Å². The van der Waals surface area contributed by atoms with Crippen LogP contribution < -0.4 is 0 Å². The van der Waals surface area contributed by atoms with Crippen molar-refractivity contribution in [2.24, 2.45) is 0 Å². The standard InChI is InChI=1S/C10H12FNO/c11-10-6-5-9(8-12-10)4-2-1-3-7-13/h2,4-6,8,13H,1,3,7H2. The minimum atomic E-state index is -0.465. The average molecular weight is 181 g/mol. The number of halogens is 1. The Labute approximate surface area is 76.7 Å². The number of nitrogens with zero attached hydrogens (tertiary/aromatic N) is 1. The SMILES string of the molecule is OCCCC=Cc1ccc(F)nc1. The van der Waals surface area contributed by atoms with Crippen LogP contribution in [-0.4, -0.2) is 16.7 Å². The van der Waals surface area contributed by atoms with Gasteiger partial charge in [0.05, 0.1) is 0 Å². The molecule has 1 rings (SSSR count). The number of pyridine rings is 1. The van der Waals surface area contributed by atoms with Crippen molar-refractivity contribution in [2.75, 3.05) is 6.61 Å². The molecule has 0 unspecified atom stereocenters. The van der Waals surface area contributed by atoms with Crippen LogP contribution >= 0.6 is 0 Å². The van der Waals surface area contributed by atoms with E-state index in [1.807, 2.05) is 12.2 Å². The monoisotopic (exact) mass is 181 g/mol. The first-order valence-electron chi connectivity index (χ1n) is 4.22. The summed E-state index contributed by atoms with van der Waals surface area (Å²) in [6.07, 6.45) is 6.86. The van der Waals surface area contributed by atoms with Crippen molar-refractivity contribution < 1.29 is 9.50 Å². The number of aromatic nitrogens is 1. The van der Waals surface area contributed by atoms with Crippen molar-refractivity contribution in [3.63, 3.8) is 0 Å². The molecule has 0 aromatic carbocycles. The molecule has 0 radical (unpaired) electrons. The van der Waals surface area contributed by atoms with Gasteiger partial charge in [-0.3, -0.25) is 0 Å². The van der Waals surface area contributed by atoms with E-state index in [1.54, 1.807) is 6.07 Å². The lowest BCUT2D eigenvalue weighted by atomic mass is 10.2. The number of aliphatic hydroxyl groups excluding tert-OH is 1. The Balaban J connectivity index is 2.44. The molecule has 1 aromatic heterocycles. The molecule has 1 heterocycles. The summed E-state index contributed by atoms with van der Waals surface area (Å²) in [5, 5.41) is 8.50. The van der Waals surface area contributed by atoms with E-state index in [0.717, 1.165) is 18.4 Å². The van der Waals surface area contributed by atoms with Gasteiger partial charge in [-0.1, -0.05) is 12.2 Å². The van der Waals surface area contributed by atoms with Gasteiger partial charge in [0.2, 0.25) is 5.95 Å². The lowest BCUT2D eigenvalue weighted by molar-refractivity contribution is 0.290. The maximum Gasteiger partial charge on any atom is 0.212 e. The summed E-state index contributed by atoms with van der Waals surface area (Å²) in [7, 11) is 0. The van der Waals surface area contributed by atoms with Crippen LogP contribution in [0.25, 0.3) is 6.08 Å². The zero-order valence-corrected chi connectivity index (χ0v) is 7.28. The van der Waals surface area contributed by atoms with Crippen molar-refractivity contribution >= 4 is 6.08 Å².